The van der Waals surface area contributed by atoms with Gasteiger partial charge in [-0.05, 0) is 73.0 Å². The van der Waals surface area contributed by atoms with Crippen molar-refractivity contribution in [3.05, 3.63) is 33.4 Å². The molecule has 1 N–H and O–H groups in total. The molecule has 1 fully saturated rings. The number of benzene rings is 1. The van der Waals surface area contributed by atoms with Gasteiger partial charge in [-0.2, -0.15) is 0 Å². The average Bonchev–Trinajstić information content (AvgIpc) is 2.70. The van der Waals surface area contributed by atoms with Gasteiger partial charge in [0.25, 0.3) is 11.8 Å². The number of carbonyl (C=O) groups excluding carboxylic acids is 3. The quantitative estimate of drug-likeness (QED) is 0.469. The number of amides is 2. The largest absolute Gasteiger partial charge is 0.357 e. The van der Waals surface area contributed by atoms with Crippen molar-refractivity contribution in [2.24, 2.45) is 0 Å². The van der Waals surface area contributed by atoms with E-state index in [0.29, 0.717) is 18.6 Å². The fraction of sp³-hybridized carbons (Fsp3) is 0.526. The van der Waals surface area contributed by atoms with Gasteiger partial charge in [0, 0.05) is 29.8 Å². The number of likely N-dealkylation sites (N-methyl/N-ethyl adjacent to an activating group) is 2. The first-order valence-electron chi connectivity index (χ1n) is 8.83. The van der Waals surface area contributed by atoms with E-state index in [1.54, 1.807) is 24.3 Å². The van der Waals surface area contributed by atoms with Gasteiger partial charge in [-0.1, -0.05) is 0 Å². The molecule has 0 bridgehead atoms. The van der Waals surface area contributed by atoms with Crippen LogP contribution in [0.3, 0.4) is 0 Å². The summed E-state index contributed by atoms with van der Waals surface area (Å²) in [6.07, 6.45) is 2.20. The normalized spacial score (nSPS) is 19.0. The molecule has 27 heavy (non-hydrogen) atoms. The van der Waals surface area contributed by atoms with Crippen LogP contribution in [0.2, 0.25) is 0 Å². The Kier molecular flexibility index (Phi) is 7.75. The van der Waals surface area contributed by atoms with Gasteiger partial charge in [0.1, 0.15) is 6.61 Å². The van der Waals surface area contributed by atoms with Gasteiger partial charge in [-0.25, -0.2) is 0 Å². The Bertz CT molecular complexity index is 688. The maximum atomic E-state index is 12.9. The minimum Gasteiger partial charge on any atom is -0.357 e. The zero-order valence-corrected chi connectivity index (χ0v) is 17.9. The Hall–Kier alpha value is -1.52. The summed E-state index contributed by atoms with van der Waals surface area (Å²) in [5.41, 5.74) is -1.29. The van der Waals surface area contributed by atoms with Gasteiger partial charge < -0.3 is 19.7 Å². The van der Waals surface area contributed by atoms with Crippen molar-refractivity contribution in [2.75, 3.05) is 27.3 Å². The number of carbonyl (C=O) groups is 3. The maximum absolute atomic E-state index is 12.9. The molecule has 1 heterocycles. The Morgan fingerprint density at radius 2 is 1.96 bits per heavy atom. The Morgan fingerprint density at radius 1 is 1.30 bits per heavy atom. The second kappa shape index (κ2) is 9.61. The smallest absolute Gasteiger partial charge is 0.254 e. The summed E-state index contributed by atoms with van der Waals surface area (Å²) < 4.78 is 12.0. The fourth-order valence-corrected chi connectivity index (χ4v) is 3.21. The van der Waals surface area contributed by atoms with Crippen LogP contribution in [0.1, 0.15) is 36.5 Å². The third-order valence-corrected chi connectivity index (χ3v) is 5.54. The molecule has 0 aliphatic carbocycles. The van der Waals surface area contributed by atoms with E-state index in [1.165, 1.54) is 25.9 Å². The van der Waals surface area contributed by atoms with Crippen LogP contribution in [0.5, 0.6) is 0 Å². The molecule has 1 aliphatic heterocycles. The summed E-state index contributed by atoms with van der Waals surface area (Å²) >= 11 is 2.14. The molecule has 148 valence electrons. The van der Waals surface area contributed by atoms with E-state index in [1.807, 2.05) is 0 Å². The van der Waals surface area contributed by atoms with E-state index in [9.17, 15) is 14.4 Å². The highest BCUT2D eigenvalue weighted by Crippen LogP contribution is 2.21. The van der Waals surface area contributed by atoms with Gasteiger partial charge in [0.05, 0.1) is 0 Å². The molecule has 0 spiro atoms. The third kappa shape index (κ3) is 5.05. The van der Waals surface area contributed by atoms with Crippen molar-refractivity contribution in [1.29, 1.82) is 0 Å². The number of halogens is 1. The number of hydrogen-bond donors (Lipinski definition) is 1. The summed E-state index contributed by atoms with van der Waals surface area (Å²) in [6, 6.07) is 6.93. The number of nitrogens with one attached hydrogen (secondary N) is 1. The molecule has 1 saturated heterocycles. The van der Waals surface area contributed by atoms with Crippen LogP contribution in [0, 0.1) is 3.57 Å². The van der Waals surface area contributed by atoms with Crippen molar-refractivity contribution in [3.8, 4) is 0 Å². The lowest BCUT2D eigenvalue weighted by Crippen LogP contribution is -2.62. The summed E-state index contributed by atoms with van der Waals surface area (Å²) in [5, 5.41) is 2.48. The van der Waals surface area contributed by atoms with Crippen molar-refractivity contribution >= 4 is 40.2 Å². The third-order valence-electron chi connectivity index (χ3n) is 4.82. The minimum atomic E-state index is -1.69. The average molecular weight is 488 g/mol. The molecular weight excluding hydrogens is 463 g/mol. The highest BCUT2D eigenvalue weighted by molar-refractivity contribution is 14.1. The van der Waals surface area contributed by atoms with E-state index < -0.39 is 29.4 Å². The lowest BCUT2D eigenvalue weighted by atomic mass is 9.92. The van der Waals surface area contributed by atoms with Gasteiger partial charge in [-0.15, -0.1) is 0 Å². The lowest BCUT2D eigenvalue weighted by molar-refractivity contribution is -0.174. The second-order valence-electron chi connectivity index (χ2n) is 6.55. The van der Waals surface area contributed by atoms with Crippen molar-refractivity contribution in [1.82, 2.24) is 10.2 Å². The first-order valence-corrected chi connectivity index (χ1v) is 9.91. The van der Waals surface area contributed by atoms with Crippen LogP contribution in [0.25, 0.3) is 0 Å². The number of hydrogen-bond acceptors (Lipinski definition) is 5. The second-order valence-corrected chi connectivity index (χ2v) is 7.80. The number of nitrogens with zero attached hydrogens (tertiary/aromatic N) is 1. The van der Waals surface area contributed by atoms with Gasteiger partial charge in [0.2, 0.25) is 0 Å². The minimum absolute atomic E-state index is 0.307. The summed E-state index contributed by atoms with van der Waals surface area (Å²) in [6.45, 7) is 1.72. The molecule has 7 nitrogen and oxygen atoms in total. The van der Waals surface area contributed by atoms with Crippen LogP contribution in [-0.2, 0) is 19.1 Å². The molecular formula is C19H25IN2O5. The number of Topliss-reactive ketones (excluding diaryl/α,β-unsaturated/α-hetero) is 1. The molecule has 0 saturated carbocycles. The molecule has 1 aromatic rings. The van der Waals surface area contributed by atoms with Crippen LogP contribution < -0.4 is 5.32 Å². The Labute approximate surface area is 172 Å². The predicted molar refractivity (Wildman–Crippen MR) is 108 cm³/mol. The van der Waals surface area contributed by atoms with E-state index in [4.69, 9.17) is 9.47 Å². The number of rotatable bonds is 7. The van der Waals surface area contributed by atoms with Gasteiger partial charge >= 0.3 is 0 Å². The van der Waals surface area contributed by atoms with Crippen LogP contribution in [-0.4, -0.2) is 61.6 Å². The summed E-state index contributed by atoms with van der Waals surface area (Å²) in [5.74, 6) is -1.49. The molecule has 2 unspecified atom stereocenters. The van der Waals surface area contributed by atoms with Crippen LogP contribution in [0.4, 0.5) is 0 Å². The summed E-state index contributed by atoms with van der Waals surface area (Å²) in [4.78, 5) is 39.5. The predicted octanol–water partition coefficient (Wildman–Crippen LogP) is 1.98. The molecule has 1 aromatic carbocycles. The first kappa shape index (κ1) is 21.8. The molecule has 8 heteroatoms. The standard InChI is InChI=1S/C19H25IN2O5/c1-19(18(25)21-2,15(23)12-27-16-6-4-5-11-26-16)22(3)17(24)13-7-9-14(20)10-8-13/h7-10,16H,4-6,11-12H2,1-3H3,(H,21,25). The molecule has 2 rings (SSSR count). The van der Waals surface area contributed by atoms with Crippen LogP contribution in [0.15, 0.2) is 24.3 Å². The van der Waals surface area contributed by atoms with Gasteiger partial charge in [0.15, 0.2) is 17.6 Å². The topological polar surface area (TPSA) is 84.9 Å². The zero-order chi connectivity index (χ0) is 20.0. The number of ketones is 1. The zero-order valence-electron chi connectivity index (χ0n) is 15.8. The SMILES string of the molecule is CNC(=O)C(C)(C(=O)COC1CCCCO1)N(C)C(=O)c1ccc(I)cc1. The molecule has 1 aliphatic rings. The molecule has 0 aromatic heterocycles. The van der Waals surface area contributed by atoms with E-state index >= 15 is 0 Å². The fourth-order valence-electron chi connectivity index (χ4n) is 2.85. The van der Waals surface area contributed by atoms with E-state index in [0.717, 1.165) is 16.4 Å². The molecule has 0 radical (unpaired) electrons. The maximum Gasteiger partial charge on any atom is 0.254 e. The monoisotopic (exact) mass is 488 g/mol. The number of ether oxygens (including phenoxy) is 2. The van der Waals surface area contributed by atoms with Gasteiger partial charge in [-0.3, -0.25) is 14.4 Å². The highest BCUT2D eigenvalue weighted by atomic mass is 127. The molecule has 2 atom stereocenters. The Morgan fingerprint density at radius 3 is 2.52 bits per heavy atom. The van der Waals surface area contributed by atoms with E-state index in [-0.39, 0.29) is 6.61 Å². The van der Waals surface area contributed by atoms with Crippen molar-refractivity contribution < 1.29 is 23.9 Å². The summed E-state index contributed by atoms with van der Waals surface area (Å²) in [7, 11) is 2.88. The van der Waals surface area contributed by atoms with E-state index in [2.05, 4.69) is 27.9 Å². The highest BCUT2D eigenvalue weighted by Gasteiger charge is 2.46. The first-order chi connectivity index (χ1) is 12.8. The Balaban J connectivity index is 2.17. The van der Waals surface area contributed by atoms with Crippen LogP contribution >= 0.6 is 22.6 Å². The van der Waals surface area contributed by atoms with Crippen molar-refractivity contribution in [2.45, 2.75) is 38.0 Å². The lowest BCUT2D eigenvalue weighted by Gasteiger charge is -2.36. The molecule has 2 amide bonds. The van der Waals surface area contributed by atoms with Crippen molar-refractivity contribution in [3.63, 3.8) is 0 Å².